The van der Waals surface area contributed by atoms with Crippen LogP contribution in [-0.4, -0.2) is 35.7 Å². The first-order valence-corrected chi connectivity index (χ1v) is 8.68. The molecule has 6 nitrogen and oxygen atoms in total. The topological polar surface area (TPSA) is 78.9 Å². The number of carbonyl (C=O) groups is 3. The molecule has 1 aliphatic carbocycles. The fourth-order valence-electron chi connectivity index (χ4n) is 3.56. The fraction of sp³-hybridized carbons (Fsp3) is 0.450. The van der Waals surface area contributed by atoms with Crippen molar-refractivity contribution < 1.29 is 28.6 Å². The second-order valence-electron chi connectivity index (χ2n) is 7.14. The molecule has 1 heterocycles. The molecule has 138 valence electrons. The minimum absolute atomic E-state index is 0.0965. The lowest BCUT2D eigenvalue weighted by Crippen LogP contribution is -2.57. The molecular formula is C20H22O6. The average molecular weight is 358 g/mol. The Balaban J connectivity index is 1.93. The number of ether oxygens (including phenoxy) is 3. The fourth-order valence-corrected chi connectivity index (χ4v) is 3.56. The summed E-state index contributed by atoms with van der Waals surface area (Å²) >= 11 is 0. The highest BCUT2D eigenvalue weighted by atomic mass is 16.6. The molecule has 0 spiro atoms. The van der Waals surface area contributed by atoms with Crippen LogP contribution < -0.4 is 0 Å². The van der Waals surface area contributed by atoms with Gasteiger partial charge in [0.1, 0.15) is 5.60 Å². The van der Waals surface area contributed by atoms with Crippen LogP contribution in [0, 0.1) is 5.92 Å². The summed E-state index contributed by atoms with van der Waals surface area (Å²) in [5, 5.41) is 0. The van der Waals surface area contributed by atoms with Gasteiger partial charge in [-0.15, -0.1) is 0 Å². The Bertz CT molecular complexity index is 764. The van der Waals surface area contributed by atoms with E-state index in [1.165, 1.54) is 0 Å². The normalized spacial score (nSPS) is 26.3. The summed E-state index contributed by atoms with van der Waals surface area (Å²) in [5.74, 6) is -2.32. The van der Waals surface area contributed by atoms with Crippen molar-refractivity contribution in [1.82, 2.24) is 0 Å². The third-order valence-corrected chi connectivity index (χ3v) is 4.77. The van der Waals surface area contributed by atoms with E-state index in [2.05, 4.69) is 0 Å². The van der Waals surface area contributed by atoms with Crippen LogP contribution in [0.4, 0.5) is 0 Å². The van der Waals surface area contributed by atoms with Gasteiger partial charge < -0.3 is 14.2 Å². The first-order valence-electron chi connectivity index (χ1n) is 8.68. The minimum Gasteiger partial charge on any atom is -0.463 e. The van der Waals surface area contributed by atoms with E-state index in [0.717, 1.165) is 0 Å². The first kappa shape index (κ1) is 18.2. The molecule has 26 heavy (non-hydrogen) atoms. The van der Waals surface area contributed by atoms with E-state index in [-0.39, 0.29) is 13.0 Å². The molecule has 1 aromatic rings. The van der Waals surface area contributed by atoms with Gasteiger partial charge in [-0.05, 0) is 39.3 Å². The van der Waals surface area contributed by atoms with Gasteiger partial charge >= 0.3 is 17.9 Å². The Morgan fingerprint density at radius 1 is 1.19 bits per heavy atom. The maximum absolute atomic E-state index is 12.8. The van der Waals surface area contributed by atoms with Gasteiger partial charge in [0.2, 0.25) is 5.60 Å². The van der Waals surface area contributed by atoms with E-state index in [1.54, 1.807) is 57.2 Å². The van der Waals surface area contributed by atoms with Crippen molar-refractivity contribution in [1.29, 1.82) is 0 Å². The molecule has 1 fully saturated rings. The highest BCUT2D eigenvalue weighted by Crippen LogP contribution is 2.49. The molecule has 2 aliphatic rings. The zero-order chi connectivity index (χ0) is 18.9. The maximum atomic E-state index is 12.8. The first-order chi connectivity index (χ1) is 12.3. The average Bonchev–Trinajstić information content (AvgIpc) is 2.94. The zero-order valence-corrected chi connectivity index (χ0v) is 15.1. The second kappa shape index (κ2) is 6.59. The van der Waals surface area contributed by atoms with Gasteiger partial charge in [-0.3, -0.25) is 0 Å². The largest absolute Gasteiger partial charge is 0.463 e. The summed E-state index contributed by atoms with van der Waals surface area (Å²) in [5.41, 5.74) is -1.58. The number of benzene rings is 1. The van der Waals surface area contributed by atoms with Crippen molar-refractivity contribution in [3.8, 4) is 0 Å². The molecule has 0 radical (unpaired) electrons. The number of rotatable bonds is 4. The number of esters is 3. The highest BCUT2D eigenvalue weighted by Gasteiger charge is 2.61. The molecule has 6 heteroatoms. The quantitative estimate of drug-likeness (QED) is 0.608. The summed E-state index contributed by atoms with van der Waals surface area (Å²) in [6, 6.07) is 8.43. The lowest BCUT2D eigenvalue weighted by molar-refractivity contribution is -0.200. The Kier molecular flexibility index (Phi) is 4.61. The summed E-state index contributed by atoms with van der Waals surface area (Å²) in [7, 11) is 0. The lowest BCUT2D eigenvalue weighted by atomic mass is 9.76. The molecule has 3 rings (SSSR count). The molecule has 0 aromatic heterocycles. The van der Waals surface area contributed by atoms with Crippen molar-refractivity contribution in [3.63, 3.8) is 0 Å². The van der Waals surface area contributed by atoms with Gasteiger partial charge in [0.25, 0.3) is 0 Å². The number of hydrogen-bond acceptors (Lipinski definition) is 6. The summed E-state index contributed by atoms with van der Waals surface area (Å²) in [6.07, 6.45) is 2.09. The predicted molar refractivity (Wildman–Crippen MR) is 92.2 cm³/mol. The number of hydrogen-bond donors (Lipinski definition) is 0. The maximum Gasteiger partial charge on any atom is 0.352 e. The van der Waals surface area contributed by atoms with E-state index in [4.69, 9.17) is 14.2 Å². The Labute approximate surface area is 152 Å². The third kappa shape index (κ3) is 3.11. The SMILES string of the molecule is CCOC(=O)C1=CC[C@]2(OC(=O)c3ccccc3)C(=O)OC(C)(C)C[C@H]12. The van der Waals surface area contributed by atoms with Crippen molar-refractivity contribution in [3.05, 3.63) is 47.5 Å². The highest BCUT2D eigenvalue weighted by molar-refractivity contribution is 5.97. The van der Waals surface area contributed by atoms with Gasteiger partial charge in [-0.25, -0.2) is 14.4 Å². The molecule has 0 bridgehead atoms. The summed E-state index contributed by atoms with van der Waals surface area (Å²) in [6.45, 7) is 5.49. The van der Waals surface area contributed by atoms with Crippen molar-refractivity contribution >= 4 is 17.9 Å². The number of carbonyl (C=O) groups excluding carboxylic acids is 3. The minimum atomic E-state index is -1.52. The molecule has 1 aromatic carbocycles. The standard InChI is InChI=1S/C20H22O6/c1-4-24-17(22)14-10-11-20(15(14)12-19(2,3)26-18(20)23)25-16(21)13-8-6-5-7-9-13/h5-10,15H,4,11-12H2,1-3H3/t15-,20-/m1/s1. The lowest BCUT2D eigenvalue weighted by Gasteiger charge is -2.44. The van der Waals surface area contributed by atoms with Gasteiger partial charge in [0.05, 0.1) is 12.2 Å². The Morgan fingerprint density at radius 3 is 2.54 bits per heavy atom. The summed E-state index contributed by atoms with van der Waals surface area (Å²) in [4.78, 5) is 37.7. The van der Waals surface area contributed by atoms with Crippen LogP contribution in [0.5, 0.6) is 0 Å². The van der Waals surface area contributed by atoms with Crippen LogP contribution in [0.3, 0.4) is 0 Å². The second-order valence-corrected chi connectivity index (χ2v) is 7.14. The third-order valence-electron chi connectivity index (χ3n) is 4.77. The van der Waals surface area contributed by atoms with E-state index >= 15 is 0 Å². The molecule has 1 aliphatic heterocycles. The van der Waals surface area contributed by atoms with Crippen molar-refractivity contribution in [2.45, 2.75) is 44.8 Å². The van der Waals surface area contributed by atoms with Gasteiger partial charge in [-0.2, -0.15) is 0 Å². The number of fused-ring (bicyclic) bond motifs is 1. The molecule has 0 unspecified atom stereocenters. The molecular weight excluding hydrogens is 336 g/mol. The molecule has 0 amide bonds. The number of cyclic esters (lactones) is 1. The predicted octanol–water partition coefficient (Wildman–Crippen LogP) is 2.82. The van der Waals surface area contributed by atoms with E-state index in [1.807, 2.05) is 0 Å². The van der Waals surface area contributed by atoms with E-state index < -0.39 is 35.0 Å². The molecule has 0 saturated carbocycles. The van der Waals surface area contributed by atoms with Crippen molar-refractivity contribution in [2.75, 3.05) is 6.61 Å². The van der Waals surface area contributed by atoms with Crippen LogP contribution in [0.1, 0.15) is 44.0 Å². The van der Waals surface area contributed by atoms with E-state index in [0.29, 0.717) is 17.6 Å². The van der Waals surface area contributed by atoms with Crippen LogP contribution in [0.15, 0.2) is 42.0 Å². The Hall–Kier alpha value is -2.63. The van der Waals surface area contributed by atoms with Crippen molar-refractivity contribution in [2.24, 2.45) is 5.92 Å². The van der Waals surface area contributed by atoms with Crippen LogP contribution in [0.25, 0.3) is 0 Å². The Morgan fingerprint density at radius 2 is 1.88 bits per heavy atom. The molecule has 0 N–H and O–H groups in total. The van der Waals surface area contributed by atoms with Crippen LogP contribution >= 0.6 is 0 Å². The van der Waals surface area contributed by atoms with E-state index in [9.17, 15) is 14.4 Å². The summed E-state index contributed by atoms with van der Waals surface area (Å²) < 4.78 is 16.3. The van der Waals surface area contributed by atoms with Gasteiger partial charge in [-0.1, -0.05) is 24.3 Å². The zero-order valence-electron chi connectivity index (χ0n) is 15.1. The molecule has 1 saturated heterocycles. The van der Waals surface area contributed by atoms with Crippen LogP contribution in [0.2, 0.25) is 0 Å². The van der Waals surface area contributed by atoms with Gasteiger partial charge in [0, 0.05) is 17.9 Å². The van der Waals surface area contributed by atoms with Gasteiger partial charge in [0.15, 0.2) is 0 Å². The molecule has 2 atom stereocenters. The monoisotopic (exact) mass is 358 g/mol. The van der Waals surface area contributed by atoms with Crippen LogP contribution in [-0.2, 0) is 23.8 Å². The smallest absolute Gasteiger partial charge is 0.352 e.